The van der Waals surface area contributed by atoms with Gasteiger partial charge in [-0.1, -0.05) is 23.7 Å². The molecule has 3 aromatic rings. The summed E-state index contributed by atoms with van der Waals surface area (Å²) in [6, 6.07) is 13.8. The first-order valence-corrected chi connectivity index (χ1v) is 7.04. The molecule has 0 bridgehead atoms. The van der Waals surface area contributed by atoms with E-state index in [4.69, 9.17) is 16.3 Å². The third-order valence-corrected chi connectivity index (χ3v) is 3.64. The number of hydrogen-bond acceptors (Lipinski definition) is 3. The van der Waals surface area contributed by atoms with Crippen LogP contribution in [0.5, 0.6) is 5.75 Å². The second kappa shape index (κ2) is 5.69. The van der Waals surface area contributed by atoms with E-state index in [-0.39, 0.29) is 12.2 Å². The zero-order valence-electron chi connectivity index (χ0n) is 11.8. The molecule has 22 heavy (non-hydrogen) atoms. The summed E-state index contributed by atoms with van der Waals surface area (Å²) in [4.78, 5) is 24.3. The molecular weight excluding hydrogens is 304 g/mol. The van der Waals surface area contributed by atoms with Crippen LogP contribution in [0.2, 0.25) is 5.02 Å². The molecule has 0 aliphatic carbocycles. The van der Waals surface area contributed by atoms with Gasteiger partial charge in [0.05, 0.1) is 11.0 Å². The number of nitrogens with zero attached hydrogens (tertiary/aromatic N) is 2. The van der Waals surface area contributed by atoms with Gasteiger partial charge in [0.1, 0.15) is 12.3 Å². The van der Waals surface area contributed by atoms with E-state index in [1.807, 2.05) is 18.2 Å². The van der Waals surface area contributed by atoms with Gasteiger partial charge in [-0.15, -0.1) is 0 Å². The largest absolute Gasteiger partial charge is 0.425 e. The first-order chi connectivity index (χ1) is 10.6. The van der Waals surface area contributed by atoms with Gasteiger partial charge in [-0.25, -0.2) is 9.59 Å². The smallest absolute Gasteiger partial charge is 0.331 e. The number of ether oxygens (including phenoxy) is 1. The summed E-state index contributed by atoms with van der Waals surface area (Å²) in [6.07, 6.45) is 0. The van der Waals surface area contributed by atoms with E-state index >= 15 is 0 Å². The second-order valence-corrected chi connectivity index (χ2v) is 5.28. The van der Waals surface area contributed by atoms with E-state index in [1.165, 1.54) is 9.13 Å². The zero-order chi connectivity index (χ0) is 15.7. The van der Waals surface area contributed by atoms with E-state index in [0.717, 1.165) is 5.52 Å². The van der Waals surface area contributed by atoms with Crippen molar-refractivity contribution in [1.29, 1.82) is 0 Å². The summed E-state index contributed by atoms with van der Waals surface area (Å²) in [5.41, 5.74) is 1.21. The van der Waals surface area contributed by atoms with Crippen LogP contribution in [0.1, 0.15) is 0 Å². The van der Waals surface area contributed by atoms with Crippen molar-refractivity contribution in [2.45, 2.75) is 6.54 Å². The predicted molar refractivity (Wildman–Crippen MR) is 84.3 cm³/mol. The SMILES string of the molecule is Cn1c(=O)n(CC(=O)Oc2ccc(Cl)cc2)c2ccccc21. The molecule has 6 heteroatoms. The number of esters is 1. The van der Waals surface area contributed by atoms with Gasteiger partial charge in [0.2, 0.25) is 0 Å². The topological polar surface area (TPSA) is 53.2 Å². The number of para-hydroxylation sites is 2. The molecule has 0 radical (unpaired) electrons. The molecule has 2 aromatic carbocycles. The summed E-state index contributed by atoms with van der Waals surface area (Å²) >= 11 is 5.78. The van der Waals surface area contributed by atoms with Crippen LogP contribution in [0.25, 0.3) is 11.0 Å². The third-order valence-electron chi connectivity index (χ3n) is 3.38. The Bertz CT molecular complexity index is 894. The molecule has 0 fully saturated rings. The number of benzene rings is 2. The number of imidazole rings is 1. The van der Waals surface area contributed by atoms with Crippen LogP contribution >= 0.6 is 11.6 Å². The lowest BCUT2D eigenvalue weighted by molar-refractivity contribution is -0.135. The number of carbonyl (C=O) groups excluding carboxylic acids is 1. The normalized spacial score (nSPS) is 10.8. The van der Waals surface area contributed by atoms with Gasteiger partial charge < -0.3 is 4.74 Å². The highest BCUT2D eigenvalue weighted by atomic mass is 35.5. The number of aromatic nitrogens is 2. The maximum absolute atomic E-state index is 12.2. The second-order valence-electron chi connectivity index (χ2n) is 4.84. The van der Waals surface area contributed by atoms with Gasteiger partial charge in [0.15, 0.2) is 0 Å². The Morgan fingerprint density at radius 3 is 2.41 bits per heavy atom. The molecule has 112 valence electrons. The van der Waals surface area contributed by atoms with Gasteiger partial charge in [-0.3, -0.25) is 9.13 Å². The molecule has 0 aliphatic heterocycles. The molecule has 0 saturated carbocycles. The number of halogens is 1. The van der Waals surface area contributed by atoms with Gasteiger partial charge in [0.25, 0.3) is 0 Å². The van der Waals surface area contributed by atoms with E-state index in [1.54, 1.807) is 37.4 Å². The van der Waals surface area contributed by atoms with Crippen molar-refractivity contribution in [2.24, 2.45) is 7.05 Å². The lowest BCUT2D eigenvalue weighted by Gasteiger charge is -2.05. The van der Waals surface area contributed by atoms with Crippen molar-refractivity contribution in [1.82, 2.24) is 9.13 Å². The highest BCUT2D eigenvalue weighted by molar-refractivity contribution is 6.30. The van der Waals surface area contributed by atoms with E-state index in [9.17, 15) is 9.59 Å². The Hall–Kier alpha value is -2.53. The Labute approximate surface area is 131 Å². The fourth-order valence-electron chi connectivity index (χ4n) is 2.31. The molecule has 0 N–H and O–H groups in total. The first kappa shape index (κ1) is 14.4. The first-order valence-electron chi connectivity index (χ1n) is 6.67. The number of fused-ring (bicyclic) bond motifs is 1. The quantitative estimate of drug-likeness (QED) is 0.551. The van der Waals surface area contributed by atoms with Crippen molar-refractivity contribution < 1.29 is 9.53 Å². The van der Waals surface area contributed by atoms with Crippen LogP contribution < -0.4 is 10.4 Å². The van der Waals surface area contributed by atoms with E-state index in [2.05, 4.69) is 0 Å². The monoisotopic (exact) mass is 316 g/mol. The minimum Gasteiger partial charge on any atom is -0.425 e. The van der Waals surface area contributed by atoms with Crippen molar-refractivity contribution in [3.8, 4) is 5.75 Å². The summed E-state index contributed by atoms with van der Waals surface area (Å²) in [6.45, 7) is -0.150. The molecule has 0 unspecified atom stereocenters. The van der Waals surface area contributed by atoms with Crippen LogP contribution in [0.15, 0.2) is 53.3 Å². The molecule has 0 saturated heterocycles. The maximum Gasteiger partial charge on any atom is 0.331 e. The summed E-state index contributed by atoms with van der Waals surface area (Å²) in [5, 5.41) is 0.560. The summed E-state index contributed by atoms with van der Waals surface area (Å²) < 4.78 is 8.12. The van der Waals surface area contributed by atoms with Crippen LogP contribution in [-0.2, 0) is 18.4 Å². The van der Waals surface area contributed by atoms with Gasteiger partial charge in [-0.05, 0) is 36.4 Å². The van der Waals surface area contributed by atoms with Crippen molar-refractivity contribution in [3.05, 3.63) is 64.0 Å². The number of carbonyl (C=O) groups is 1. The number of rotatable bonds is 3. The van der Waals surface area contributed by atoms with Crippen LogP contribution in [-0.4, -0.2) is 15.1 Å². The lowest BCUT2D eigenvalue weighted by Crippen LogP contribution is -2.27. The Morgan fingerprint density at radius 1 is 1.09 bits per heavy atom. The fraction of sp³-hybridized carbons (Fsp3) is 0.125. The van der Waals surface area contributed by atoms with Gasteiger partial charge in [0, 0.05) is 12.1 Å². The van der Waals surface area contributed by atoms with Crippen molar-refractivity contribution in [2.75, 3.05) is 0 Å². The highest BCUT2D eigenvalue weighted by Gasteiger charge is 2.14. The van der Waals surface area contributed by atoms with Crippen molar-refractivity contribution >= 4 is 28.6 Å². The molecule has 0 aliphatic rings. The van der Waals surface area contributed by atoms with Crippen molar-refractivity contribution in [3.63, 3.8) is 0 Å². The standard InChI is InChI=1S/C16H13ClN2O3/c1-18-13-4-2-3-5-14(13)19(16(18)21)10-15(20)22-12-8-6-11(17)7-9-12/h2-9H,10H2,1H3. The molecule has 3 rings (SSSR count). The molecule has 1 heterocycles. The average molecular weight is 317 g/mol. The highest BCUT2D eigenvalue weighted by Crippen LogP contribution is 2.16. The Morgan fingerprint density at radius 2 is 1.73 bits per heavy atom. The van der Waals surface area contributed by atoms with Crippen LogP contribution in [0, 0.1) is 0 Å². The molecule has 0 amide bonds. The van der Waals surface area contributed by atoms with E-state index in [0.29, 0.717) is 16.3 Å². The van der Waals surface area contributed by atoms with Gasteiger partial charge in [-0.2, -0.15) is 0 Å². The average Bonchev–Trinajstić information content (AvgIpc) is 2.75. The maximum atomic E-state index is 12.2. The predicted octanol–water partition coefficient (Wildman–Crippen LogP) is 2.60. The zero-order valence-corrected chi connectivity index (χ0v) is 12.6. The van der Waals surface area contributed by atoms with Crippen LogP contribution in [0.4, 0.5) is 0 Å². The summed E-state index contributed by atoms with van der Waals surface area (Å²) in [5.74, 6) is -0.122. The number of aryl methyl sites for hydroxylation is 1. The lowest BCUT2D eigenvalue weighted by atomic mass is 10.3. The molecule has 0 spiro atoms. The molecule has 1 aromatic heterocycles. The molecular formula is C16H13ClN2O3. The minimum absolute atomic E-state index is 0.150. The Balaban J connectivity index is 1.87. The number of hydrogen-bond donors (Lipinski definition) is 0. The van der Waals surface area contributed by atoms with Gasteiger partial charge >= 0.3 is 11.7 Å². The van der Waals surface area contributed by atoms with E-state index < -0.39 is 5.97 Å². The fourth-order valence-corrected chi connectivity index (χ4v) is 2.44. The Kier molecular flexibility index (Phi) is 3.73. The minimum atomic E-state index is -0.513. The molecule has 0 atom stereocenters. The van der Waals surface area contributed by atoms with Crippen LogP contribution in [0.3, 0.4) is 0 Å². The summed E-state index contributed by atoms with van der Waals surface area (Å²) in [7, 11) is 1.67. The molecule has 5 nitrogen and oxygen atoms in total. The third kappa shape index (κ3) is 2.63.